The normalized spacial score (nSPS) is 10.8. The van der Waals surface area contributed by atoms with Crippen LogP contribution in [0.2, 0.25) is 0 Å². The number of pyridine rings is 2. The van der Waals surface area contributed by atoms with Crippen LogP contribution < -0.4 is 4.74 Å². The Kier molecular flexibility index (Phi) is 2.76. The highest BCUT2D eigenvalue weighted by Gasteiger charge is 2.11. The number of hydrogen-bond donors (Lipinski definition) is 0. The van der Waals surface area contributed by atoms with Crippen LogP contribution in [0, 0.1) is 0 Å². The smallest absolute Gasteiger partial charge is 0.147 e. The second-order valence-corrected chi connectivity index (χ2v) is 4.54. The van der Waals surface area contributed by atoms with Crippen molar-refractivity contribution in [2.24, 2.45) is 0 Å². The maximum Gasteiger partial charge on any atom is 0.147 e. The minimum atomic E-state index is 0.789. The molecule has 90 valence electrons. The average Bonchev–Trinajstić information content (AvgIpc) is 2.76. The molecule has 0 aliphatic rings. The predicted octanol–water partition coefficient (Wildman–Crippen LogP) is 3.17. The van der Waals surface area contributed by atoms with Gasteiger partial charge in [-0.25, -0.2) is 4.98 Å². The zero-order valence-electron chi connectivity index (χ0n) is 9.67. The molecule has 3 rings (SSSR count). The molecular formula is C13H10BrN3O. The molecule has 0 aliphatic heterocycles. The molecule has 3 aromatic rings. The van der Waals surface area contributed by atoms with Gasteiger partial charge in [0.25, 0.3) is 0 Å². The lowest BCUT2D eigenvalue weighted by Crippen LogP contribution is -1.91. The van der Waals surface area contributed by atoms with Crippen LogP contribution in [-0.4, -0.2) is 21.5 Å². The van der Waals surface area contributed by atoms with Crippen molar-refractivity contribution in [3.8, 4) is 17.1 Å². The minimum Gasteiger partial charge on any atom is -0.495 e. The summed E-state index contributed by atoms with van der Waals surface area (Å²) < 4.78 is 8.04. The Balaban J connectivity index is 2.29. The fraction of sp³-hybridized carbons (Fsp3) is 0.0769. The molecule has 0 aromatic carbocycles. The fourth-order valence-corrected chi connectivity index (χ4v) is 2.34. The summed E-state index contributed by atoms with van der Waals surface area (Å²) in [6.45, 7) is 0. The molecule has 0 atom stereocenters. The molecule has 5 heteroatoms. The largest absolute Gasteiger partial charge is 0.495 e. The van der Waals surface area contributed by atoms with Gasteiger partial charge in [0.2, 0.25) is 0 Å². The third kappa shape index (κ3) is 1.76. The molecule has 0 fully saturated rings. The van der Waals surface area contributed by atoms with E-state index in [2.05, 4.69) is 25.9 Å². The van der Waals surface area contributed by atoms with Gasteiger partial charge in [-0.3, -0.25) is 9.38 Å². The van der Waals surface area contributed by atoms with Crippen molar-refractivity contribution in [3.05, 3.63) is 47.5 Å². The second kappa shape index (κ2) is 4.42. The van der Waals surface area contributed by atoms with Crippen molar-refractivity contribution in [2.45, 2.75) is 0 Å². The number of halogens is 1. The number of fused-ring (bicyclic) bond motifs is 1. The van der Waals surface area contributed by atoms with Crippen molar-refractivity contribution >= 4 is 21.4 Å². The van der Waals surface area contributed by atoms with E-state index in [0.29, 0.717) is 0 Å². The van der Waals surface area contributed by atoms with Crippen LogP contribution >= 0.6 is 15.9 Å². The number of methoxy groups -OCH3 is 1. The molecule has 0 aliphatic carbocycles. The number of imidazole rings is 1. The Morgan fingerprint density at radius 1 is 1.28 bits per heavy atom. The van der Waals surface area contributed by atoms with E-state index in [0.717, 1.165) is 27.3 Å². The van der Waals surface area contributed by atoms with E-state index in [4.69, 9.17) is 4.74 Å². The summed E-state index contributed by atoms with van der Waals surface area (Å²) in [6.07, 6.45) is 5.45. The van der Waals surface area contributed by atoms with Crippen molar-refractivity contribution in [2.75, 3.05) is 7.11 Å². The van der Waals surface area contributed by atoms with E-state index >= 15 is 0 Å². The molecule has 18 heavy (non-hydrogen) atoms. The SMILES string of the molecule is COc1ccc2c(Br)nc(-c3cccnc3)n2c1. The van der Waals surface area contributed by atoms with E-state index in [9.17, 15) is 0 Å². The third-order valence-corrected chi connectivity index (χ3v) is 3.30. The maximum atomic E-state index is 5.24. The summed E-state index contributed by atoms with van der Waals surface area (Å²) >= 11 is 3.47. The van der Waals surface area contributed by atoms with Crippen molar-refractivity contribution in [1.29, 1.82) is 0 Å². The van der Waals surface area contributed by atoms with Gasteiger partial charge in [-0.1, -0.05) is 0 Å². The summed E-state index contributed by atoms with van der Waals surface area (Å²) in [7, 11) is 1.65. The lowest BCUT2D eigenvalue weighted by molar-refractivity contribution is 0.412. The molecule has 3 heterocycles. The molecule has 3 aromatic heterocycles. The van der Waals surface area contributed by atoms with Gasteiger partial charge in [0.15, 0.2) is 0 Å². The molecular weight excluding hydrogens is 294 g/mol. The monoisotopic (exact) mass is 303 g/mol. The Hall–Kier alpha value is -1.88. The number of rotatable bonds is 2. The van der Waals surface area contributed by atoms with Crippen LogP contribution in [-0.2, 0) is 0 Å². The van der Waals surface area contributed by atoms with Crippen molar-refractivity contribution < 1.29 is 4.74 Å². The summed E-state index contributed by atoms with van der Waals surface area (Å²) in [5, 5.41) is 0. The van der Waals surface area contributed by atoms with Crippen LogP contribution in [0.1, 0.15) is 0 Å². The first kappa shape index (κ1) is 11.2. The lowest BCUT2D eigenvalue weighted by atomic mass is 10.3. The highest BCUT2D eigenvalue weighted by Crippen LogP contribution is 2.27. The van der Waals surface area contributed by atoms with Crippen molar-refractivity contribution in [3.63, 3.8) is 0 Å². The van der Waals surface area contributed by atoms with E-state index in [1.165, 1.54) is 0 Å². The van der Waals surface area contributed by atoms with Crippen LogP contribution in [0.25, 0.3) is 16.9 Å². The van der Waals surface area contributed by atoms with E-state index < -0.39 is 0 Å². The minimum absolute atomic E-state index is 0.789. The second-order valence-electron chi connectivity index (χ2n) is 3.79. The number of ether oxygens (including phenoxy) is 1. The quantitative estimate of drug-likeness (QED) is 0.730. The van der Waals surface area contributed by atoms with Gasteiger partial charge < -0.3 is 4.74 Å². The van der Waals surface area contributed by atoms with Crippen LogP contribution in [0.5, 0.6) is 5.75 Å². The van der Waals surface area contributed by atoms with E-state index in [1.54, 1.807) is 19.5 Å². The standard InChI is InChI=1S/C13H10BrN3O/c1-18-10-4-5-11-12(14)16-13(17(11)8-10)9-3-2-6-15-7-9/h2-8H,1H3. The fourth-order valence-electron chi connectivity index (χ4n) is 1.85. The molecule has 0 saturated carbocycles. The van der Waals surface area contributed by atoms with Gasteiger partial charge in [0, 0.05) is 18.0 Å². The predicted molar refractivity (Wildman–Crippen MR) is 72.7 cm³/mol. The maximum absolute atomic E-state index is 5.24. The Bertz CT molecular complexity index is 694. The van der Waals surface area contributed by atoms with Gasteiger partial charge in [0.05, 0.1) is 18.8 Å². The van der Waals surface area contributed by atoms with Gasteiger partial charge in [0.1, 0.15) is 16.2 Å². The first-order valence-electron chi connectivity index (χ1n) is 5.41. The molecule has 0 unspecified atom stereocenters. The van der Waals surface area contributed by atoms with Crippen molar-refractivity contribution in [1.82, 2.24) is 14.4 Å². The first-order chi connectivity index (χ1) is 8.79. The van der Waals surface area contributed by atoms with Crippen LogP contribution in [0.4, 0.5) is 0 Å². The van der Waals surface area contributed by atoms with Gasteiger partial charge >= 0.3 is 0 Å². The molecule has 0 bridgehead atoms. The summed E-state index contributed by atoms with van der Waals surface area (Å²) in [5.74, 6) is 1.63. The molecule has 4 nitrogen and oxygen atoms in total. The number of aromatic nitrogens is 3. The zero-order valence-corrected chi connectivity index (χ0v) is 11.3. The molecule has 0 amide bonds. The van der Waals surface area contributed by atoms with Crippen LogP contribution in [0.15, 0.2) is 47.5 Å². The highest BCUT2D eigenvalue weighted by atomic mass is 79.9. The third-order valence-electron chi connectivity index (χ3n) is 2.72. The summed E-state index contributed by atoms with van der Waals surface area (Å²) in [5.41, 5.74) is 1.96. The first-order valence-corrected chi connectivity index (χ1v) is 6.21. The molecule has 0 N–H and O–H groups in total. The molecule has 0 radical (unpaired) electrons. The Morgan fingerprint density at radius 3 is 2.89 bits per heavy atom. The van der Waals surface area contributed by atoms with E-state index in [1.807, 2.05) is 34.9 Å². The Labute approximate surface area is 112 Å². The number of hydrogen-bond acceptors (Lipinski definition) is 3. The van der Waals surface area contributed by atoms with Crippen LogP contribution in [0.3, 0.4) is 0 Å². The topological polar surface area (TPSA) is 39.4 Å². The zero-order chi connectivity index (χ0) is 12.5. The lowest BCUT2D eigenvalue weighted by Gasteiger charge is -2.03. The average molecular weight is 304 g/mol. The summed E-state index contributed by atoms with van der Waals surface area (Å²) in [4.78, 5) is 8.64. The molecule has 0 saturated heterocycles. The van der Waals surface area contributed by atoms with Gasteiger partial charge in [-0.15, -0.1) is 0 Å². The highest BCUT2D eigenvalue weighted by molar-refractivity contribution is 9.10. The van der Waals surface area contributed by atoms with E-state index in [-0.39, 0.29) is 0 Å². The van der Waals surface area contributed by atoms with Gasteiger partial charge in [-0.2, -0.15) is 0 Å². The number of nitrogens with zero attached hydrogens (tertiary/aromatic N) is 3. The Morgan fingerprint density at radius 2 is 2.17 bits per heavy atom. The summed E-state index contributed by atoms with van der Waals surface area (Å²) in [6, 6.07) is 7.75. The van der Waals surface area contributed by atoms with Gasteiger partial charge in [-0.05, 0) is 40.2 Å². The molecule has 0 spiro atoms.